The Morgan fingerprint density at radius 1 is 1.04 bits per heavy atom. The minimum absolute atomic E-state index is 0.520. The smallest absolute Gasteiger partial charge is 0.197 e. The second kappa shape index (κ2) is 6.64. The second-order valence-electron chi connectivity index (χ2n) is 5.76. The van der Waals surface area contributed by atoms with Crippen molar-refractivity contribution in [2.45, 2.75) is 13.0 Å². The van der Waals surface area contributed by atoms with E-state index in [4.69, 9.17) is 16.3 Å². The summed E-state index contributed by atoms with van der Waals surface area (Å²) in [5.74, 6) is 1.82. The number of rotatable bonds is 3. The van der Waals surface area contributed by atoms with Crippen LogP contribution in [-0.2, 0) is 13.0 Å². The van der Waals surface area contributed by atoms with E-state index in [1.54, 1.807) is 25.6 Å². The number of halogens is 1. The third-order valence-electron chi connectivity index (χ3n) is 4.26. The first kappa shape index (κ1) is 15.8. The number of anilines is 1. The van der Waals surface area contributed by atoms with Crippen LogP contribution in [0.15, 0.2) is 43.0 Å². The first-order valence-electron chi connectivity index (χ1n) is 7.94. The molecule has 3 heterocycles. The minimum Gasteiger partial charge on any atom is -0.497 e. The molecule has 0 amide bonds. The Kier molecular flexibility index (Phi) is 4.19. The Morgan fingerprint density at radius 2 is 1.76 bits per heavy atom. The second-order valence-corrected chi connectivity index (χ2v) is 6.16. The zero-order chi connectivity index (χ0) is 17.2. The Bertz CT molecular complexity index is 886. The largest absolute Gasteiger partial charge is 0.497 e. The van der Waals surface area contributed by atoms with Gasteiger partial charge in [-0.2, -0.15) is 0 Å². The normalized spacial score (nSPS) is 13.4. The number of aromatic nitrogens is 4. The fraction of sp³-hybridized carbons (Fsp3) is 0.222. The molecule has 0 fully saturated rings. The summed E-state index contributed by atoms with van der Waals surface area (Å²) in [7, 11) is 1.65. The Labute approximate surface area is 150 Å². The standard InChI is InChI=1S/C18H16ClN5O/c1-25-14-7-12-11-24(6-3-15(12)16(19)8-14)13-9-22-18(23-10-13)17-20-4-2-5-21-17/h2,4-5,7-10H,3,6,11H2,1H3. The minimum atomic E-state index is 0.520. The highest BCUT2D eigenvalue weighted by Crippen LogP contribution is 2.32. The molecule has 6 nitrogen and oxygen atoms in total. The van der Waals surface area contributed by atoms with Gasteiger partial charge in [0.1, 0.15) is 5.75 Å². The molecular weight excluding hydrogens is 338 g/mol. The summed E-state index contributed by atoms with van der Waals surface area (Å²) in [5, 5.41) is 0.766. The lowest BCUT2D eigenvalue weighted by atomic mass is 9.99. The van der Waals surface area contributed by atoms with Crippen molar-refractivity contribution in [2.24, 2.45) is 0 Å². The van der Waals surface area contributed by atoms with E-state index in [9.17, 15) is 0 Å². The molecule has 7 heteroatoms. The molecule has 4 rings (SSSR count). The van der Waals surface area contributed by atoms with Crippen molar-refractivity contribution < 1.29 is 4.74 Å². The van der Waals surface area contributed by atoms with Crippen LogP contribution < -0.4 is 9.64 Å². The maximum absolute atomic E-state index is 6.37. The molecule has 0 atom stereocenters. The summed E-state index contributed by atoms with van der Waals surface area (Å²) in [6.45, 7) is 1.61. The highest BCUT2D eigenvalue weighted by molar-refractivity contribution is 6.31. The van der Waals surface area contributed by atoms with Crippen LogP contribution >= 0.6 is 11.6 Å². The average Bonchev–Trinajstić information content (AvgIpc) is 2.68. The van der Waals surface area contributed by atoms with Gasteiger partial charge in [-0.05, 0) is 35.7 Å². The summed E-state index contributed by atoms with van der Waals surface area (Å²) >= 11 is 6.37. The van der Waals surface area contributed by atoms with E-state index in [2.05, 4.69) is 24.8 Å². The van der Waals surface area contributed by atoms with Gasteiger partial charge >= 0.3 is 0 Å². The van der Waals surface area contributed by atoms with Crippen LogP contribution in [0.5, 0.6) is 5.75 Å². The van der Waals surface area contributed by atoms with Gasteiger partial charge in [0.15, 0.2) is 11.6 Å². The van der Waals surface area contributed by atoms with E-state index in [0.29, 0.717) is 11.6 Å². The first-order chi connectivity index (χ1) is 12.2. The zero-order valence-electron chi connectivity index (χ0n) is 13.7. The number of fused-ring (bicyclic) bond motifs is 1. The highest BCUT2D eigenvalue weighted by atomic mass is 35.5. The predicted octanol–water partition coefficient (Wildman–Crippen LogP) is 3.16. The molecule has 0 N–H and O–H groups in total. The molecule has 0 spiro atoms. The van der Waals surface area contributed by atoms with Crippen LogP contribution in [0, 0.1) is 0 Å². The Balaban J connectivity index is 1.58. The number of nitrogens with zero attached hydrogens (tertiary/aromatic N) is 5. The van der Waals surface area contributed by atoms with Gasteiger partial charge in [-0.1, -0.05) is 11.6 Å². The lowest BCUT2D eigenvalue weighted by Crippen LogP contribution is -2.30. The van der Waals surface area contributed by atoms with Crippen LogP contribution in [0.3, 0.4) is 0 Å². The van der Waals surface area contributed by atoms with Gasteiger partial charge in [-0.3, -0.25) is 0 Å². The predicted molar refractivity (Wildman–Crippen MR) is 95.8 cm³/mol. The number of methoxy groups -OCH3 is 1. The Morgan fingerprint density at radius 3 is 2.48 bits per heavy atom. The number of hydrogen-bond acceptors (Lipinski definition) is 6. The van der Waals surface area contributed by atoms with E-state index < -0.39 is 0 Å². The SMILES string of the molecule is COc1cc(Cl)c2c(c1)CN(c1cnc(-c3ncccn3)nc1)CC2. The fourth-order valence-corrected chi connectivity index (χ4v) is 3.29. The summed E-state index contributed by atoms with van der Waals surface area (Å²) in [5.41, 5.74) is 3.32. The molecule has 1 aliphatic heterocycles. The van der Waals surface area contributed by atoms with Crippen LogP contribution in [0.25, 0.3) is 11.6 Å². The van der Waals surface area contributed by atoms with Gasteiger partial charge in [0, 0.05) is 30.5 Å². The average molecular weight is 354 g/mol. The topological polar surface area (TPSA) is 64.0 Å². The van der Waals surface area contributed by atoms with Crippen molar-refractivity contribution in [2.75, 3.05) is 18.6 Å². The highest BCUT2D eigenvalue weighted by Gasteiger charge is 2.20. The lowest BCUT2D eigenvalue weighted by Gasteiger charge is -2.31. The molecular formula is C18H16ClN5O. The van der Waals surface area contributed by atoms with E-state index in [1.807, 2.05) is 24.5 Å². The van der Waals surface area contributed by atoms with Crippen LogP contribution in [0.1, 0.15) is 11.1 Å². The van der Waals surface area contributed by atoms with Gasteiger partial charge in [0.05, 0.1) is 25.2 Å². The molecule has 1 aromatic carbocycles. The first-order valence-corrected chi connectivity index (χ1v) is 8.32. The van der Waals surface area contributed by atoms with Crippen molar-refractivity contribution >= 4 is 17.3 Å². The Hall–Kier alpha value is -2.73. The molecule has 3 aromatic rings. The summed E-state index contributed by atoms with van der Waals surface area (Å²) in [6, 6.07) is 5.68. The molecule has 0 unspecified atom stereocenters. The third-order valence-corrected chi connectivity index (χ3v) is 4.60. The van der Waals surface area contributed by atoms with Crippen molar-refractivity contribution in [3.8, 4) is 17.4 Å². The quantitative estimate of drug-likeness (QED) is 0.720. The van der Waals surface area contributed by atoms with Gasteiger partial charge < -0.3 is 9.64 Å². The van der Waals surface area contributed by atoms with Crippen LogP contribution in [-0.4, -0.2) is 33.6 Å². The maximum Gasteiger partial charge on any atom is 0.197 e. The molecule has 0 radical (unpaired) electrons. The number of benzene rings is 1. The van der Waals surface area contributed by atoms with Crippen molar-refractivity contribution in [1.82, 2.24) is 19.9 Å². The monoisotopic (exact) mass is 353 g/mol. The molecule has 1 aliphatic rings. The summed E-state index contributed by atoms with van der Waals surface area (Å²) in [6.07, 6.45) is 7.86. The molecule has 0 bridgehead atoms. The van der Waals surface area contributed by atoms with E-state index in [-0.39, 0.29) is 0 Å². The molecule has 0 aliphatic carbocycles. The van der Waals surface area contributed by atoms with Crippen LogP contribution in [0.4, 0.5) is 5.69 Å². The molecule has 25 heavy (non-hydrogen) atoms. The van der Waals surface area contributed by atoms with E-state index >= 15 is 0 Å². The number of hydrogen-bond donors (Lipinski definition) is 0. The van der Waals surface area contributed by atoms with E-state index in [1.165, 1.54) is 11.1 Å². The maximum atomic E-state index is 6.37. The molecule has 0 saturated carbocycles. The van der Waals surface area contributed by atoms with Gasteiger partial charge in [-0.15, -0.1) is 0 Å². The molecule has 2 aromatic heterocycles. The van der Waals surface area contributed by atoms with Crippen LogP contribution in [0.2, 0.25) is 5.02 Å². The van der Waals surface area contributed by atoms with Crippen molar-refractivity contribution in [3.05, 3.63) is 59.1 Å². The third kappa shape index (κ3) is 3.13. The van der Waals surface area contributed by atoms with Crippen molar-refractivity contribution in [3.63, 3.8) is 0 Å². The zero-order valence-corrected chi connectivity index (χ0v) is 14.4. The molecule has 0 saturated heterocycles. The summed E-state index contributed by atoms with van der Waals surface area (Å²) < 4.78 is 5.33. The van der Waals surface area contributed by atoms with E-state index in [0.717, 1.165) is 36.0 Å². The number of ether oxygens (including phenoxy) is 1. The lowest BCUT2D eigenvalue weighted by molar-refractivity contribution is 0.414. The molecule has 126 valence electrons. The van der Waals surface area contributed by atoms with Gasteiger partial charge in [0.25, 0.3) is 0 Å². The van der Waals surface area contributed by atoms with Gasteiger partial charge in [0.2, 0.25) is 0 Å². The van der Waals surface area contributed by atoms with Crippen molar-refractivity contribution in [1.29, 1.82) is 0 Å². The fourth-order valence-electron chi connectivity index (χ4n) is 2.97. The van der Waals surface area contributed by atoms with Gasteiger partial charge in [-0.25, -0.2) is 19.9 Å². The summed E-state index contributed by atoms with van der Waals surface area (Å²) in [4.78, 5) is 19.4.